The summed E-state index contributed by atoms with van der Waals surface area (Å²) in [6, 6.07) is 0. The van der Waals surface area contributed by atoms with Crippen molar-refractivity contribution in [2.75, 3.05) is 0 Å². The Morgan fingerprint density at radius 1 is 1.04 bits per heavy atom. The minimum absolute atomic E-state index is 0.00415. The molecule has 0 amide bonds. The first-order chi connectivity index (χ1) is 10.8. The maximum atomic E-state index is 12.4. The van der Waals surface area contributed by atoms with Gasteiger partial charge in [-0.25, -0.2) is 0 Å². The van der Waals surface area contributed by atoms with Crippen molar-refractivity contribution in [2.45, 2.75) is 70.7 Å². The van der Waals surface area contributed by atoms with Gasteiger partial charge in [-0.15, -0.1) is 0 Å². The molecule has 4 rings (SSSR count). The van der Waals surface area contributed by atoms with Gasteiger partial charge in [-0.1, -0.05) is 25.5 Å². The predicted molar refractivity (Wildman–Crippen MR) is 85.5 cm³/mol. The molecule has 4 aliphatic rings. The number of hydrogen-bond acceptors (Lipinski definition) is 4. The minimum atomic E-state index is -0.623. The van der Waals surface area contributed by atoms with Crippen LogP contribution >= 0.6 is 0 Å². The summed E-state index contributed by atoms with van der Waals surface area (Å²) in [7, 11) is 0. The highest BCUT2D eigenvalue weighted by Gasteiger charge is 2.63. The van der Waals surface area contributed by atoms with Crippen molar-refractivity contribution in [1.29, 1.82) is 0 Å². The summed E-state index contributed by atoms with van der Waals surface area (Å²) in [5.74, 6) is 0.285. The monoisotopic (exact) mass is 320 g/mol. The molecule has 4 aliphatic carbocycles. The molecule has 23 heavy (non-hydrogen) atoms. The van der Waals surface area contributed by atoms with Crippen LogP contribution in [0, 0.1) is 28.6 Å². The van der Waals surface area contributed by atoms with Crippen molar-refractivity contribution in [1.82, 2.24) is 0 Å². The highest BCUT2D eigenvalue weighted by molar-refractivity contribution is 5.88. The Morgan fingerprint density at radius 3 is 2.48 bits per heavy atom. The molecule has 4 nitrogen and oxygen atoms in total. The van der Waals surface area contributed by atoms with E-state index in [0.29, 0.717) is 12.3 Å². The molecule has 128 valence electrons. The summed E-state index contributed by atoms with van der Waals surface area (Å²) in [4.78, 5) is 12.4. The average Bonchev–Trinajstić information content (AvgIpc) is 2.71. The van der Waals surface area contributed by atoms with E-state index in [0.717, 1.165) is 25.7 Å². The highest BCUT2D eigenvalue weighted by atomic mass is 16.3. The van der Waals surface area contributed by atoms with Gasteiger partial charge < -0.3 is 15.3 Å². The van der Waals surface area contributed by atoms with Crippen LogP contribution in [-0.2, 0) is 4.79 Å². The van der Waals surface area contributed by atoms with Gasteiger partial charge in [-0.05, 0) is 49.4 Å². The highest BCUT2D eigenvalue weighted by Crippen LogP contribution is 2.63. The molecule has 0 radical (unpaired) electrons. The summed E-state index contributed by atoms with van der Waals surface area (Å²) in [6.07, 6.45) is 4.77. The van der Waals surface area contributed by atoms with Crippen molar-refractivity contribution in [3.8, 4) is 0 Å². The zero-order valence-electron chi connectivity index (χ0n) is 14.0. The molecule has 0 aromatic carbocycles. The Labute approximate surface area is 137 Å². The average molecular weight is 320 g/mol. The number of aliphatic hydroxyl groups excluding tert-OH is 3. The first kappa shape index (κ1) is 15.8. The van der Waals surface area contributed by atoms with Gasteiger partial charge in [0.15, 0.2) is 0 Å². The number of hydrogen-bond donors (Lipinski definition) is 3. The number of Topliss-reactive ketones (excluding diaryl/α,β-unsaturated/α-hetero) is 1. The lowest BCUT2D eigenvalue weighted by molar-refractivity contribution is -0.138. The van der Waals surface area contributed by atoms with Crippen molar-refractivity contribution in [3.63, 3.8) is 0 Å². The van der Waals surface area contributed by atoms with Gasteiger partial charge in [0, 0.05) is 17.8 Å². The van der Waals surface area contributed by atoms with Crippen LogP contribution in [-0.4, -0.2) is 39.4 Å². The lowest BCUT2D eigenvalue weighted by Gasteiger charge is -2.58. The fourth-order valence-corrected chi connectivity index (χ4v) is 6.46. The maximum absolute atomic E-state index is 12.4. The molecule has 0 heterocycles. The van der Waals surface area contributed by atoms with E-state index >= 15 is 0 Å². The summed E-state index contributed by atoms with van der Waals surface area (Å²) >= 11 is 0. The Bertz CT molecular complexity index is 570. The van der Waals surface area contributed by atoms with E-state index in [4.69, 9.17) is 0 Å². The van der Waals surface area contributed by atoms with Crippen molar-refractivity contribution >= 4 is 5.78 Å². The van der Waals surface area contributed by atoms with Crippen molar-refractivity contribution in [3.05, 3.63) is 11.6 Å². The quantitative estimate of drug-likeness (QED) is 0.595. The Balaban J connectivity index is 1.77. The zero-order valence-corrected chi connectivity index (χ0v) is 14.0. The van der Waals surface area contributed by atoms with Gasteiger partial charge in [0.1, 0.15) is 5.78 Å². The zero-order chi connectivity index (χ0) is 16.6. The summed E-state index contributed by atoms with van der Waals surface area (Å²) in [5.41, 5.74) is 0.709. The van der Waals surface area contributed by atoms with E-state index in [-0.39, 0.29) is 35.6 Å². The third-order valence-electron chi connectivity index (χ3n) is 7.81. The van der Waals surface area contributed by atoms with Crippen LogP contribution in [0.4, 0.5) is 0 Å². The molecule has 0 saturated heterocycles. The van der Waals surface area contributed by atoms with Crippen molar-refractivity contribution in [2.24, 2.45) is 28.6 Å². The van der Waals surface area contributed by atoms with E-state index in [1.165, 1.54) is 5.57 Å². The fraction of sp³-hybridized carbons (Fsp3) is 0.842. The molecular formula is C19H28O4. The summed E-state index contributed by atoms with van der Waals surface area (Å²) < 4.78 is 0. The standard InChI is InChI=1S/C19H28O4/c1-18-5-3-11(20)7-10(18)8-13(21)16-12(18)4-6-19(2)15(23)9-14(22)17(16)19/h8,11-14,16-17,20-22H,3-7,9H2,1-2H3/t11-,12+,13+,14-,16-,17+,18-,19+/m0/s1. The lowest BCUT2D eigenvalue weighted by atomic mass is 9.47. The number of ketones is 1. The van der Waals surface area contributed by atoms with E-state index in [1.807, 2.05) is 13.0 Å². The van der Waals surface area contributed by atoms with Crippen LogP contribution < -0.4 is 0 Å². The van der Waals surface area contributed by atoms with Crippen LogP contribution in [0.5, 0.6) is 0 Å². The van der Waals surface area contributed by atoms with Crippen LogP contribution in [0.3, 0.4) is 0 Å². The molecule has 4 heteroatoms. The van der Waals surface area contributed by atoms with E-state index in [2.05, 4.69) is 6.92 Å². The topological polar surface area (TPSA) is 77.8 Å². The number of carbonyl (C=O) groups is 1. The molecular weight excluding hydrogens is 292 g/mol. The summed E-state index contributed by atoms with van der Waals surface area (Å²) in [5, 5.41) is 31.4. The van der Waals surface area contributed by atoms with Gasteiger partial charge in [0.2, 0.25) is 0 Å². The molecule has 3 fully saturated rings. The number of fused-ring (bicyclic) bond motifs is 5. The van der Waals surface area contributed by atoms with Crippen LogP contribution in [0.15, 0.2) is 11.6 Å². The minimum Gasteiger partial charge on any atom is -0.393 e. The normalized spacial score (nSPS) is 55.7. The van der Waals surface area contributed by atoms with Gasteiger partial charge >= 0.3 is 0 Å². The van der Waals surface area contributed by atoms with E-state index in [9.17, 15) is 20.1 Å². The van der Waals surface area contributed by atoms with Gasteiger partial charge in [-0.2, -0.15) is 0 Å². The Kier molecular flexibility index (Phi) is 3.37. The van der Waals surface area contributed by atoms with Gasteiger partial charge in [0.25, 0.3) is 0 Å². The smallest absolute Gasteiger partial charge is 0.141 e. The molecule has 0 aliphatic heterocycles. The third kappa shape index (κ3) is 1.98. The number of carbonyl (C=O) groups excluding carboxylic acids is 1. The van der Waals surface area contributed by atoms with E-state index < -0.39 is 17.6 Å². The number of aliphatic hydroxyl groups is 3. The third-order valence-corrected chi connectivity index (χ3v) is 7.81. The fourth-order valence-electron chi connectivity index (χ4n) is 6.46. The molecule has 3 N–H and O–H groups in total. The van der Waals surface area contributed by atoms with Gasteiger partial charge in [0.05, 0.1) is 18.3 Å². The SMILES string of the molecule is C[C@]12CC[C@H](O)CC1=C[C@@H](O)[C@H]1[C@H]3[C@@H](O)CC(=O)[C@@]3(C)CC[C@H]12. The second-order valence-corrected chi connectivity index (χ2v) is 8.86. The molecule has 0 aromatic heterocycles. The van der Waals surface area contributed by atoms with Crippen LogP contribution in [0.1, 0.15) is 52.4 Å². The molecule has 0 spiro atoms. The Morgan fingerprint density at radius 2 is 1.74 bits per heavy atom. The first-order valence-corrected chi connectivity index (χ1v) is 9.06. The first-order valence-electron chi connectivity index (χ1n) is 9.06. The molecule has 8 atom stereocenters. The summed E-state index contributed by atoms with van der Waals surface area (Å²) in [6.45, 7) is 4.26. The second-order valence-electron chi connectivity index (χ2n) is 8.86. The molecule has 3 saturated carbocycles. The van der Waals surface area contributed by atoms with Crippen LogP contribution in [0.25, 0.3) is 0 Å². The maximum Gasteiger partial charge on any atom is 0.141 e. The number of rotatable bonds is 0. The van der Waals surface area contributed by atoms with E-state index in [1.54, 1.807) is 0 Å². The van der Waals surface area contributed by atoms with Crippen molar-refractivity contribution < 1.29 is 20.1 Å². The molecule has 0 aromatic rings. The van der Waals surface area contributed by atoms with Crippen LogP contribution in [0.2, 0.25) is 0 Å². The second kappa shape index (κ2) is 4.90. The largest absolute Gasteiger partial charge is 0.393 e. The van der Waals surface area contributed by atoms with Gasteiger partial charge in [-0.3, -0.25) is 4.79 Å². The molecule has 0 unspecified atom stereocenters. The lowest BCUT2D eigenvalue weighted by Crippen LogP contribution is -2.56. The molecule has 0 bridgehead atoms. The Hall–Kier alpha value is -0.710. The predicted octanol–water partition coefficient (Wildman–Crippen LogP) is 1.82.